The van der Waals surface area contributed by atoms with Gasteiger partial charge in [0.15, 0.2) is 0 Å². The number of hydrogen-bond acceptors (Lipinski definition) is 3. The summed E-state index contributed by atoms with van der Waals surface area (Å²) in [5.74, 6) is -0.226. The molecule has 0 aliphatic heterocycles. The molecule has 0 aromatic carbocycles. The van der Waals surface area contributed by atoms with Gasteiger partial charge in [-0.3, -0.25) is 4.79 Å². The number of carbonyl (C=O) groups excluding carboxylic acids is 2. The van der Waals surface area contributed by atoms with Gasteiger partial charge in [0.2, 0.25) is 5.91 Å². The predicted octanol–water partition coefficient (Wildman–Crippen LogP) is 0.514. The molecule has 0 fully saturated rings. The Morgan fingerprint density at radius 1 is 1.42 bits per heavy atom. The molecule has 12 heavy (non-hydrogen) atoms. The van der Waals surface area contributed by atoms with Crippen LogP contribution in [0.25, 0.3) is 0 Å². The van der Waals surface area contributed by atoms with Gasteiger partial charge in [0, 0.05) is 13.0 Å². The van der Waals surface area contributed by atoms with Gasteiger partial charge in [-0.05, 0) is 13.8 Å². The monoisotopic (exact) mass is 174 g/mol. The summed E-state index contributed by atoms with van der Waals surface area (Å²) >= 11 is 0. The third-order valence-corrected chi connectivity index (χ3v) is 1.25. The minimum atomic E-state index is -0.640. The van der Waals surface area contributed by atoms with Gasteiger partial charge in [0.05, 0.1) is 7.11 Å². The first-order valence-corrected chi connectivity index (χ1v) is 3.63. The Morgan fingerprint density at radius 3 is 2.17 bits per heavy atom. The van der Waals surface area contributed by atoms with E-state index in [1.165, 1.54) is 19.0 Å². The molecule has 0 radical (unpaired) electrons. The smallest absolute Gasteiger partial charge is 0.425 e. The summed E-state index contributed by atoms with van der Waals surface area (Å²) in [5, 5.41) is 1.20. The number of hydrazine groups is 1. The molecule has 0 saturated carbocycles. The van der Waals surface area contributed by atoms with E-state index in [1.54, 1.807) is 13.8 Å². The van der Waals surface area contributed by atoms with Crippen LogP contribution in [0.3, 0.4) is 0 Å². The Labute approximate surface area is 71.6 Å². The highest BCUT2D eigenvalue weighted by Gasteiger charge is 2.14. The largest absolute Gasteiger partial charge is 0.452 e. The highest BCUT2D eigenvalue weighted by molar-refractivity contribution is 5.77. The maximum atomic E-state index is 10.9. The first-order valence-electron chi connectivity index (χ1n) is 3.63. The van der Waals surface area contributed by atoms with Crippen molar-refractivity contribution in [2.24, 2.45) is 0 Å². The molecule has 2 amide bonds. The molecule has 0 atom stereocenters. The quantitative estimate of drug-likeness (QED) is 0.589. The summed E-state index contributed by atoms with van der Waals surface area (Å²) in [4.78, 5) is 21.6. The van der Waals surface area contributed by atoms with Crippen molar-refractivity contribution in [3.8, 4) is 0 Å². The number of nitrogens with zero attached hydrogens (tertiary/aromatic N) is 1. The van der Waals surface area contributed by atoms with Crippen LogP contribution in [-0.2, 0) is 9.53 Å². The summed E-state index contributed by atoms with van der Waals surface area (Å²) < 4.78 is 4.34. The molecule has 5 heteroatoms. The summed E-state index contributed by atoms with van der Waals surface area (Å²) in [6.45, 7) is 4.95. The van der Waals surface area contributed by atoms with Gasteiger partial charge in [-0.2, -0.15) is 0 Å². The highest BCUT2D eigenvalue weighted by atomic mass is 16.5. The van der Waals surface area contributed by atoms with Crippen molar-refractivity contribution >= 4 is 12.0 Å². The van der Waals surface area contributed by atoms with E-state index < -0.39 is 6.09 Å². The molecule has 1 N–H and O–H groups in total. The van der Waals surface area contributed by atoms with E-state index in [0.717, 1.165) is 0 Å². The van der Waals surface area contributed by atoms with E-state index in [-0.39, 0.29) is 11.9 Å². The fourth-order valence-electron chi connectivity index (χ4n) is 0.715. The van der Waals surface area contributed by atoms with E-state index >= 15 is 0 Å². The van der Waals surface area contributed by atoms with Crippen LogP contribution < -0.4 is 5.43 Å². The van der Waals surface area contributed by atoms with Crippen molar-refractivity contribution in [1.29, 1.82) is 0 Å². The second-order valence-corrected chi connectivity index (χ2v) is 2.59. The Bertz CT molecular complexity index is 179. The van der Waals surface area contributed by atoms with Gasteiger partial charge in [0.1, 0.15) is 0 Å². The lowest BCUT2D eigenvalue weighted by Crippen LogP contribution is -2.48. The lowest BCUT2D eigenvalue weighted by atomic mass is 10.4. The SMILES string of the molecule is COC(=O)NN(C(C)=O)C(C)C. The number of nitrogens with one attached hydrogen (secondary N) is 1. The van der Waals surface area contributed by atoms with Gasteiger partial charge in [-0.15, -0.1) is 0 Å². The fraction of sp³-hybridized carbons (Fsp3) is 0.714. The molecule has 0 aliphatic rings. The maximum Gasteiger partial charge on any atom is 0.425 e. The molecular weight excluding hydrogens is 160 g/mol. The number of rotatable bonds is 1. The van der Waals surface area contributed by atoms with Crippen LogP contribution >= 0.6 is 0 Å². The van der Waals surface area contributed by atoms with Crippen LogP contribution in [0.2, 0.25) is 0 Å². The average molecular weight is 174 g/mol. The van der Waals surface area contributed by atoms with Crippen molar-refractivity contribution in [2.45, 2.75) is 26.8 Å². The van der Waals surface area contributed by atoms with Gasteiger partial charge < -0.3 is 4.74 Å². The lowest BCUT2D eigenvalue weighted by molar-refractivity contribution is -0.133. The van der Waals surface area contributed by atoms with Gasteiger partial charge >= 0.3 is 6.09 Å². The van der Waals surface area contributed by atoms with E-state index in [9.17, 15) is 9.59 Å². The number of hydrogen-bond donors (Lipinski definition) is 1. The third-order valence-electron chi connectivity index (χ3n) is 1.25. The summed E-state index contributed by atoms with van der Waals surface area (Å²) in [7, 11) is 1.24. The van der Waals surface area contributed by atoms with Crippen LogP contribution in [0.4, 0.5) is 4.79 Å². The number of methoxy groups -OCH3 is 1. The van der Waals surface area contributed by atoms with E-state index in [0.29, 0.717) is 0 Å². The Balaban J connectivity index is 4.14. The second kappa shape index (κ2) is 4.58. The van der Waals surface area contributed by atoms with E-state index in [4.69, 9.17) is 0 Å². The standard InChI is InChI=1S/C7H14N2O3/c1-5(2)9(6(3)10)8-7(11)12-4/h5H,1-4H3,(H,8,11). The van der Waals surface area contributed by atoms with Crippen molar-refractivity contribution in [3.05, 3.63) is 0 Å². The van der Waals surface area contributed by atoms with Crippen LogP contribution in [0.15, 0.2) is 0 Å². The number of amides is 2. The summed E-state index contributed by atoms with van der Waals surface area (Å²) in [5.41, 5.74) is 2.29. The Morgan fingerprint density at radius 2 is 1.92 bits per heavy atom. The summed E-state index contributed by atoms with van der Waals surface area (Å²) in [6.07, 6.45) is -0.640. The van der Waals surface area contributed by atoms with Crippen LogP contribution in [-0.4, -0.2) is 30.2 Å². The molecule has 0 saturated heterocycles. The third kappa shape index (κ3) is 3.23. The molecule has 5 nitrogen and oxygen atoms in total. The first-order chi connectivity index (χ1) is 5.49. The van der Waals surface area contributed by atoms with Gasteiger partial charge in [0.25, 0.3) is 0 Å². The minimum absolute atomic E-state index is 0.0819. The van der Waals surface area contributed by atoms with Gasteiger partial charge in [-0.25, -0.2) is 15.2 Å². The van der Waals surface area contributed by atoms with Crippen LogP contribution in [0.5, 0.6) is 0 Å². The molecule has 0 unspecified atom stereocenters. The van der Waals surface area contributed by atoms with Gasteiger partial charge in [-0.1, -0.05) is 0 Å². The molecule has 0 aliphatic carbocycles. The van der Waals surface area contributed by atoms with Crippen LogP contribution in [0, 0.1) is 0 Å². The predicted molar refractivity (Wildman–Crippen MR) is 43.2 cm³/mol. The molecule has 0 heterocycles. The van der Waals surface area contributed by atoms with Crippen molar-refractivity contribution in [3.63, 3.8) is 0 Å². The fourth-order valence-corrected chi connectivity index (χ4v) is 0.715. The van der Waals surface area contributed by atoms with E-state index in [1.807, 2.05) is 0 Å². The highest BCUT2D eigenvalue weighted by Crippen LogP contribution is 1.94. The minimum Gasteiger partial charge on any atom is -0.452 e. The molecular formula is C7H14N2O3. The van der Waals surface area contributed by atoms with E-state index in [2.05, 4.69) is 10.2 Å². The average Bonchev–Trinajstić information content (AvgIpc) is 1.98. The Hall–Kier alpha value is -1.26. The van der Waals surface area contributed by atoms with Crippen molar-refractivity contribution < 1.29 is 14.3 Å². The molecule has 0 spiro atoms. The molecule has 0 bridgehead atoms. The zero-order valence-corrected chi connectivity index (χ0v) is 7.75. The molecule has 0 rings (SSSR count). The Kier molecular flexibility index (Phi) is 4.10. The normalized spacial score (nSPS) is 9.42. The molecule has 70 valence electrons. The number of ether oxygens (including phenoxy) is 1. The topological polar surface area (TPSA) is 58.6 Å². The number of carbonyl (C=O) groups is 2. The zero-order chi connectivity index (χ0) is 9.72. The lowest BCUT2D eigenvalue weighted by Gasteiger charge is -2.24. The maximum absolute atomic E-state index is 10.9. The molecule has 0 aromatic rings. The van der Waals surface area contributed by atoms with Crippen molar-refractivity contribution in [1.82, 2.24) is 10.4 Å². The summed E-state index contributed by atoms with van der Waals surface area (Å²) in [6, 6.07) is -0.0819. The molecule has 0 aromatic heterocycles. The van der Waals surface area contributed by atoms with Crippen LogP contribution in [0.1, 0.15) is 20.8 Å². The zero-order valence-electron chi connectivity index (χ0n) is 7.75. The second-order valence-electron chi connectivity index (χ2n) is 2.59. The van der Waals surface area contributed by atoms with Crippen molar-refractivity contribution in [2.75, 3.05) is 7.11 Å². The first kappa shape index (κ1) is 10.7.